The molecule has 1 aromatic carbocycles. The van der Waals surface area contributed by atoms with Crippen molar-refractivity contribution < 1.29 is 13.9 Å². The zero-order chi connectivity index (χ0) is 25.4. The highest BCUT2D eigenvalue weighted by Gasteiger charge is 2.38. The number of piperidine rings is 2. The Morgan fingerprint density at radius 2 is 1.89 bits per heavy atom. The Labute approximate surface area is 220 Å². The van der Waals surface area contributed by atoms with E-state index in [2.05, 4.69) is 16.3 Å². The summed E-state index contributed by atoms with van der Waals surface area (Å²) in [6.45, 7) is 5.16. The molecule has 6 heteroatoms. The third-order valence-electron chi connectivity index (χ3n) is 9.80. The number of fused-ring (bicyclic) bond motifs is 3. The second kappa shape index (κ2) is 10.4. The molecule has 6 rings (SSSR count). The number of carbonyl (C=O) groups is 1. The zero-order valence-corrected chi connectivity index (χ0v) is 22.4. The molecule has 3 fully saturated rings. The van der Waals surface area contributed by atoms with Gasteiger partial charge in [-0.1, -0.05) is 12.8 Å². The minimum atomic E-state index is -0.328. The third kappa shape index (κ3) is 5.06. The molecule has 0 unspecified atom stereocenters. The molecule has 1 amide bonds. The number of benzene rings is 1. The van der Waals surface area contributed by atoms with E-state index in [9.17, 15) is 9.59 Å². The number of nitrogens with zero attached hydrogens (tertiary/aromatic N) is 1. The molecule has 1 aliphatic carbocycles. The Hall–Kier alpha value is -2.34. The lowest BCUT2D eigenvalue weighted by Gasteiger charge is -2.44. The minimum absolute atomic E-state index is 0.0310. The van der Waals surface area contributed by atoms with Crippen molar-refractivity contribution in [3.05, 3.63) is 39.2 Å². The SMILES string of the molecule is Cc1c(CCC(=O)NC[C@H]2CCCN3CCCC[C@@H]23)c(=O)oc2cc3c(cc12)CCC1(CCCCC1)O3. The van der Waals surface area contributed by atoms with Crippen molar-refractivity contribution in [1.29, 1.82) is 0 Å². The van der Waals surface area contributed by atoms with Crippen LogP contribution < -0.4 is 15.7 Å². The molecule has 1 spiro atoms. The molecule has 37 heavy (non-hydrogen) atoms. The van der Waals surface area contributed by atoms with Gasteiger partial charge in [-0.05, 0) is 114 Å². The Kier molecular flexibility index (Phi) is 7.04. The lowest BCUT2D eigenvalue weighted by molar-refractivity contribution is -0.121. The fourth-order valence-electron chi connectivity index (χ4n) is 7.62. The molecule has 4 heterocycles. The largest absolute Gasteiger partial charge is 0.487 e. The van der Waals surface area contributed by atoms with Crippen molar-refractivity contribution in [2.75, 3.05) is 19.6 Å². The van der Waals surface area contributed by atoms with E-state index < -0.39 is 0 Å². The molecule has 2 aromatic rings. The van der Waals surface area contributed by atoms with E-state index in [1.807, 2.05) is 13.0 Å². The summed E-state index contributed by atoms with van der Waals surface area (Å²) in [6.07, 6.45) is 15.1. The summed E-state index contributed by atoms with van der Waals surface area (Å²) in [4.78, 5) is 28.3. The van der Waals surface area contributed by atoms with Crippen molar-refractivity contribution in [3.8, 4) is 5.75 Å². The zero-order valence-electron chi connectivity index (χ0n) is 22.4. The Morgan fingerprint density at radius 3 is 2.76 bits per heavy atom. The lowest BCUT2D eigenvalue weighted by atomic mass is 9.79. The van der Waals surface area contributed by atoms with Gasteiger partial charge in [0.05, 0.1) is 0 Å². The monoisotopic (exact) mass is 506 g/mol. The molecular formula is C31H42N2O4. The van der Waals surface area contributed by atoms with Gasteiger partial charge in [0.25, 0.3) is 0 Å². The fourth-order valence-corrected chi connectivity index (χ4v) is 7.62. The molecule has 1 saturated carbocycles. The summed E-state index contributed by atoms with van der Waals surface area (Å²) in [5.41, 5.74) is 2.99. The van der Waals surface area contributed by atoms with Gasteiger partial charge in [0.2, 0.25) is 5.91 Å². The smallest absolute Gasteiger partial charge is 0.339 e. The van der Waals surface area contributed by atoms with E-state index in [-0.39, 0.29) is 17.1 Å². The summed E-state index contributed by atoms with van der Waals surface area (Å²) < 4.78 is 12.3. The molecule has 6 nitrogen and oxygen atoms in total. The van der Waals surface area contributed by atoms with Crippen LogP contribution in [0.4, 0.5) is 0 Å². The molecule has 3 aliphatic heterocycles. The van der Waals surface area contributed by atoms with Crippen molar-refractivity contribution in [1.82, 2.24) is 10.2 Å². The number of aryl methyl sites for hydroxylation is 2. The van der Waals surface area contributed by atoms with Crippen LogP contribution in [0.3, 0.4) is 0 Å². The predicted octanol–water partition coefficient (Wildman–Crippen LogP) is 5.44. The van der Waals surface area contributed by atoms with E-state index in [4.69, 9.17) is 9.15 Å². The van der Waals surface area contributed by atoms with Gasteiger partial charge in [-0.25, -0.2) is 4.79 Å². The van der Waals surface area contributed by atoms with Crippen LogP contribution in [0.5, 0.6) is 5.75 Å². The number of amides is 1. The standard InChI is InChI=1S/C31H42N2O4/c1-21-24(10-11-29(34)32-20-23-8-7-17-33-16-6-3-9-26(23)33)30(35)36-28-19-27-22(18-25(21)28)12-15-31(37-27)13-4-2-5-14-31/h18-19,23,26H,2-17,20H2,1H3,(H,32,34)/t23-,26+/m1/s1. The van der Waals surface area contributed by atoms with Crippen LogP contribution >= 0.6 is 0 Å². The van der Waals surface area contributed by atoms with Crippen molar-refractivity contribution in [2.45, 2.75) is 108 Å². The Balaban J connectivity index is 1.12. The summed E-state index contributed by atoms with van der Waals surface area (Å²) >= 11 is 0. The maximum atomic E-state index is 12.9. The van der Waals surface area contributed by atoms with Crippen LogP contribution in [-0.4, -0.2) is 42.1 Å². The van der Waals surface area contributed by atoms with Crippen molar-refractivity contribution in [2.24, 2.45) is 5.92 Å². The average Bonchev–Trinajstić information content (AvgIpc) is 2.91. The Bertz CT molecular complexity index is 1210. The quantitative estimate of drug-likeness (QED) is 0.547. The van der Waals surface area contributed by atoms with Gasteiger partial charge in [-0.2, -0.15) is 0 Å². The molecule has 2 saturated heterocycles. The van der Waals surface area contributed by atoms with E-state index in [1.54, 1.807) is 0 Å². The van der Waals surface area contributed by atoms with Crippen LogP contribution in [0.1, 0.15) is 93.7 Å². The first-order chi connectivity index (χ1) is 18.0. The first kappa shape index (κ1) is 25.0. The summed E-state index contributed by atoms with van der Waals surface area (Å²) in [5, 5.41) is 4.16. The Morgan fingerprint density at radius 1 is 1.05 bits per heavy atom. The van der Waals surface area contributed by atoms with Crippen molar-refractivity contribution >= 4 is 16.9 Å². The first-order valence-corrected chi connectivity index (χ1v) is 14.8. The van der Waals surface area contributed by atoms with Gasteiger partial charge < -0.3 is 19.4 Å². The molecule has 2 atom stereocenters. The van der Waals surface area contributed by atoms with E-state index in [0.717, 1.165) is 48.9 Å². The van der Waals surface area contributed by atoms with Crippen LogP contribution in [0.25, 0.3) is 11.0 Å². The second-order valence-corrected chi connectivity index (χ2v) is 12.1. The van der Waals surface area contributed by atoms with Crippen molar-refractivity contribution in [3.63, 3.8) is 0 Å². The number of carbonyl (C=O) groups excluding carboxylic acids is 1. The maximum Gasteiger partial charge on any atom is 0.339 e. The number of rotatable bonds is 5. The number of ether oxygens (including phenoxy) is 1. The van der Waals surface area contributed by atoms with Crippen LogP contribution in [0, 0.1) is 12.8 Å². The highest BCUT2D eigenvalue weighted by Crippen LogP contribution is 2.43. The molecule has 4 aliphatic rings. The molecule has 1 N–H and O–H groups in total. The molecule has 1 aromatic heterocycles. The summed E-state index contributed by atoms with van der Waals surface area (Å²) in [7, 11) is 0. The molecular weight excluding hydrogens is 464 g/mol. The van der Waals surface area contributed by atoms with Crippen LogP contribution in [-0.2, 0) is 17.6 Å². The molecule has 200 valence electrons. The van der Waals surface area contributed by atoms with Gasteiger partial charge in [-0.15, -0.1) is 0 Å². The second-order valence-electron chi connectivity index (χ2n) is 12.1. The summed E-state index contributed by atoms with van der Waals surface area (Å²) in [6, 6.07) is 4.71. The highest BCUT2D eigenvalue weighted by molar-refractivity contribution is 5.84. The third-order valence-corrected chi connectivity index (χ3v) is 9.80. The van der Waals surface area contributed by atoms with Gasteiger partial charge >= 0.3 is 5.63 Å². The highest BCUT2D eigenvalue weighted by atomic mass is 16.5. The van der Waals surface area contributed by atoms with E-state index in [0.29, 0.717) is 35.9 Å². The average molecular weight is 507 g/mol. The van der Waals surface area contributed by atoms with Gasteiger partial charge in [-0.3, -0.25) is 4.79 Å². The minimum Gasteiger partial charge on any atom is -0.487 e. The summed E-state index contributed by atoms with van der Waals surface area (Å²) in [5.74, 6) is 1.46. The topological polar surface area (TPSA) is 71.8 Å². The van der Waals surface area contributed by atoms with Crippen LogP contribution in [0.2, 0.25) is 0 Å². The molecule has 0 bridgehead atoms. The van der Waals surface area contributed by atoms with Gasteiger partial charge in [0.1, 0.15) is 16.9 Å². The van der Waals surface area contributed by atoms with E-state index in [1.165, 1.54) is 70.0 Å². The number of hydrogen-bond donors (Lipinski definition) is 1. The predicted molar refractivity (Wildman–Crippen MR) is 145 cm³/mol. The van der Waals surface area contributed by atoms with E-state index >= 15 is 0 Å². The number of nitrogens with one attached hydrogen (secondary N) is 1. The fraction of sp³-hybridized carbons (Fsp3) is 0.677. The first-order valence-electron chi connectivity index (χ1n) is 14.8. The number of hydrogen-bond acceptors (Lipinski definition) is 5. The maximum absolute atomic E-state index is 12.9. The van der Waals surface area contributed by atoms with Gasteiger partial charge in [0, 0.05) is 36.0 Å². The normalized spacial score (nSPS) is 25.3. The van der Waals surface area contributed by atoms with Crippen LogP contribution in [0.15, 0.2) is 21.3 Å². The van der Waals surface area contributed by atoms with Gasteiger partial charge in [0.15, 0.2) is 0 Å². The molecule has 0 radical (unpaired) electrons. The lowest BCUT2D eigenvalue weighted by Crippen LogP contribution is -2.51.